The highest BCUT2D eigenvalue weighted by Crippen LogP contribution is 1.85. The van der Waals surface area contributed by atoms with Crippen LogP contribution in [0.2, 0.25) is 0 Å². The average Bonchev–Trinajstić information content (AvgIpc) is 2.19. The lowest BCUT2D eigenvalue weighted by Gasteiger charge is -1.89. The quantitative estimate of drug-likeness (QED) is 0.467. The van der Waals surface area contributed by atoms with Crippen LogP contribution in [0.25, 0.3) is 0 Å². The second kappa shape index (κ2) is 2.23. The SMILES string of the molecule is C#CCn1c[c]cc1. The van der Waals surface area contributed by atoms with Crippen molar-refractivity contribution >= 4 is 0 Å². The molecule has 0 saturated carbocycles. The van der Waals surface area contributed by atoms with Crippen LogP contribution in [-0.2, 0) is 6.54 Å². The molecule has 0 N–H and O–H groups in total. The fourth-order valence-electron chi connectivity index (χ4n) is 0.524. The van der Waals surface area contributed by atoms with Gasteiger partial charge in [-0.15, -0.1) is 6.42 Å². The predicted octanol–water partition coefficient (Wildman–Crippen LogP) is 0.921. The molecular weight excluding hydrogens is 98.1 g/mol. The van der Waals surface area contributed by atoms with Crippen LogP contribution in [0.3, 0.4) is 0 Å². The highest BCUT2D eigenvalue weighted by Gasteiger charge is 1.78. The van der Waals surface area contributed by atoms with Crippen molar-refractivity contribution in [2.75, 3.05) is 0 Å². The first-order valence-corrected chi connectivity index (χ1v) is 2.39. The third-order valence-corrected chi connectivity index (χ3v) is 0.876. The number of aromatic nitrogens is 1. The topological polar surface area (TPSA) is 4.93 Å². The maximum Gasteiger partial charge on any atom is 0.0829 e. The summed E-state index contributed by atoms with van der Waals surface area (Å²) in [5, 5.41) is 0. The van der Waals surface area contributed by atoms with E-state index < -0.39 is 0 Å². The molecule has 0 aliphatic heterocycles. The van der Waals surface area contributed by atoms with Crippen LogP contribution >= 0.6 is 0 Å². The van der Waals surface area contributed by atoms with E-state index in [1.54, 1.807) is 0 Å². The maximum absolute atomic E-state index is 5.04. The Labute approximate surface area is 48.9 Å². The molecule has 1 nitrogen and oxygen atoms in total. The highest BCUT2D eigenvalue weighted by molar-refractivity contribution is 4.93. The van der Waals surface area contributed by atoms with E-state index in [1.807, 2.05) is 23.0 Å². The minimum Gasteiger partial charge on any atom is -0.342 e. The molecular formula is C7H6N. The maximum atomic E-state index is 5.04. The molecule has 1 aromatic rings. The summed E-state index contributed by atoms with van der Waals surface area (Å²) in [5.41, 5.74) is 0. The van der Waals surface area contributed by atoms with Gasteiger partial charge in [-0.2, -0.15) is 0 Å². The molecule has 1 radical (unpaired) electrons. The lowest BCUT2D eigenvalue weighted by Crippen LogP contribution is -1.87. The largest absolute Gasteiger partial charge is 0.342 e. The summed E-state index contributed by atoms with van der Waals surface area (Å²) in [5.74, 6) is 2.51. The van der Waals surface area contributed by atoms with Gasteiger partial charge >= 0.3 is 0 Å². The average molecular weight is 104 g/mol. The number of terminal acetylenes is 1. The number of nitrogens with zero attached hydrogens (tertiary/aromatic N) is 1. The molecule has 0 aliphatic carbocycles. The smallest absolute Gasteiger partial charge is 0.0829 e. The normalized spacial score (nSPS) is 8.38. The monoisotopic (exact) mass is 104 g/mol. The van der Waals surface area contributed by atoms with Crippen molar-refractivity contribution in [1.82, 2.24) is 4.57 Å². The minimum absolute atomic E-state index is 0.642. The van der Waals surface area contributed by atoms with Gasteiger partial charge in [0.2, 0.25) is 0 Å². The fraction of sp³-hybridized carbons (Fsp3) is 0.143. The van der Waals surface area contributed by atoms with Gasteiger partial charge in [0.15, 0.2) is 0 Å². The Balaban J connectivity index is 2.67. The standard InChI is InChI=1S/C7H6N/c1-2-5-8-6-3-4-7-8/h1,3,6-7H,5H2. The van der Waals surface area contributed by atoms with Gasteiger partial charge in [0, 0.05) is 18.5 Å². The summed E-state index contributed by atoms with van der Waals surface area (Å²) in [6, 6.07) is 4.71. The summed E-state index contributed by atoms with van der Waals surface area (Å²) in [6.45, 7) is 0.642. The van der Waals surface area contributed by atoms with Gasteiger partial charge in [-0.05, 0) is 6.07 Å². The van der Waals surface area contributed by atoms with Crippen molar-refractivity contribution in [3.8, 4) is 12.3 Å². The van der Waals surface area contributed by atoms with Gasteiger partial charge < -0.3 is 4.57 Å². The fourth-order valence-corrected chi connectivity index (χ4v) is 0.524. The van der Waals surface area contributed by atoms with Crippen molar-refractivity contribution in [3.05, 3.63) is 24.5 Å². The molecule has 0 aliphatic rings. The van der Waals surface area contributed by atoms with Crippen molar-refractivity contribution in [2.45, 2.75) is 6.54 Å². The van der Waals surface area contributed by atoms with E-state index in [2.05, 4.69) is 12.0 Å². The van der Waals surface area contributed by atoms with Gasteiger partial charge in [-0.1, -0.05) is 5.92 Å². The van der Waals surface area contributed by atoms with Gasteiger partial charge in [-0.3, -0.25) is 0 Å². The molecule has 0 fully saturated rings. The van der Waals surface area contributed by atoms with E-state index in [9.17, 15) is 0 Å². The molecule has 8 heavy (non-hydrogen) atoms. The van der Waals surface area contributed by atoms with Crippen molar-refractivity contribution < 1.29 is 0 Å². The molecule has 0 bridgehead atoms. The van der Waals surface area contributed by atoms with E-state index in [0.29, 0.717) is 6.54 Å². The summed E-state index contributed by atoms with van der Waals surface area (Å²) >= 11 is 0. The van der Waals surface area contributed by atoms with Gasteiger partial charge in [0.25, 0.3) is 0 Å². The van der Waals surface area contributed by atoms with Crippen LogP contribution < -0.4 is 0 Å². The molecule has 0 saturated heterocycles. The Kier molecular flexibility index (Phi) is 1.39. The van der Waals surface area contributed by atoms with E-state index in [-0.39, 0.29) is 0 Å². The van der Waals surface area contributed by atoms with E-state index in [1.165, 1.54) is 0 Å². The molecule has 1 heteroatoms. The number of hydrogen-bond acceptors (Lipinski definition) is 0. The molecule has 0 unspecified atom stereocenters. The summed E-state index contributed by atoms with van der Waals surface area (Å²) in [6.07, 6.45) is 8.74. The zero-order chi connectivity index (χ0) is 5.82. The molecule has 1 rings (SSSR count). The Hall–Kier alpha value is -1.16. The molecule has 0 atom stereocenters. The van der Waals surface area contributed by atoms with Crippen LogP contribution in [0.1, 0.15) is 0 Å². The second-order valence-electron chi connectivity index (χ2n) is 1.49. The third-order valence-electron chi connectivity index (χ3n) is 0.876. The zero-order valence-corrected chi connectivity index (χ0v) is 4.46. The van der Waals surface area contributed by atoms with E-state index >= 15 is 0 Å². The first-order chi connectivity index (χ1) is 3.93. The lowest BCUT2D eigenvalue weighted by molar-refractivity contribution is 0.851. The van der Waals surface area contributed by atoms with Crippen LogP contribution in [-0.4, -0.2) is 4.57 Å². The summed E-state index contributed by atoms with van der Waals surface area (Å²) in [4.78, 5) is 0. The summed E-state index contributed by atoms with van der Waals surface area (Å²) in [7, 11) is 0. The lowest BCUT2D eigenvalue weighted by atomic mass is 10.6. The predicted molar refractivity (Wildman–Crippen MR) is 32.1 cm³/mol. The zero-order valence-electron chi connectivity index (χ0n) is 4.46. The Morgan fingerprint density at radius 3 is 3.12 bits per heavy atom. The van der Waals surface area contributed by atoms with Crippen molar-refractivity contribution in [3.63, 3.8) is 0 Å². The Morgan fingerprint density at radius 1 is 1.75 bits per heavy atom. The number of hydrogen-bond donors (Lipinski definition) is 0. The summed E-state index contributed by atoms with van der Waals surface area (Å²) < 4.78 is 1.89. The van der Waals surface area contributed by atoms with Crippen LogP contribution in [0.5, 0.6) is 0 Å². The Bertz CT molecular complexity index is 179. The van der Waals surface area contributed by atoms with Crippen LogP contribution in [0, 0.1) is 18.4 Å². The molecule has 0 amide bonds. The van der Waals surface area contributed by atoms with Crippen molar-refractivity contribution in [1.29, 1.82) is 0 Å². The third kappa shape index (κ3) is 0.913. The van der Waals surface area contributed by atoms with E-state index in [4.69, 9.17) is 6.42 Å². The van der Waals surface area contributed by atoms with E-state index in [0.717, 1.165) is 0 Å². The molecule has 1 heterocycles. The van der Waals surface area contributed by atoms with Gasteiger partial charge in [0.1, 0.15) is 0 Å². The first-order valence-electron chi connectivity index (χ1n) is 2.39. The molecule has 39 valence electrons. The first kappa shape index (κ1) is 4.99. The molecule has 1 aromatic heterocycles. The molecule has 0 aromatic carbocycles. The second-order valence-corrected chi connectivity index (χ2v) is 1.49. The van der Waals surface area contributed by atoms with Gasteiger partial charge in [0.05, 0.1) is 6.54 Å². The van der Waals surface area contributed by atoms with Crippen LogP contribution in [0.4, 0.5) is 0 Å². The van der Waals surface area contributed by atoms with Crippen molar-refractivity contribution in [2.24, 2.45) is 0 Å². The minimum atomic E-state index is 0.642. The van der Waals surface area contributed by atoms with Crippen LogP contribution in [0.15, 0.2) is 18.5 Å². The number of rotatable bonds is 1. The molecule has 0 spiro atoms. The van der Waals surface area contributed by atoms with Gasteiger partial charge in [-0.25, -0.2) is 0 Å². The highest BCUT2D eigenvalue weighted by atomic mass is 14.9. The Morgan fingerprint density at radius 2 is 2.62 bits per heavy atom.